The molecular weight excluding hydrogens is 428 g/mol. The molecule has 3 atom stereocenters. The number of benzene rings is 1. The van der Waals surface area contributed by atoms with Gasteiger partial charge in [0.05, 0.1) is 5.56 Å². The Morgan fingerprint density at radius 3 is 2.70 bits per heavy atom. The molecule has 3 rings (SSSR count). The number of aromatic amines is 1. The highest BCUT2D eigenvalue weighted by molar-refractivity contribution is 5.93. The molecule has 0 saturated heterocycles. The number of carbonyl (C=O) groups excluding carboxylic acids is 3. The van der Waals surface area contributed by atoms with Crippen LogP contribution >= 0.6 is 0 Å². The molecular formula is C23H30N4O6. The summed E-state index contributed by atoms with van der Waals surface area (Å²) in [7, 11) is 0. The van der Waals surface area contributed by atoms with Gasteiger partial charge < -0.3 is 25.2 Å². The fourth-order valence-electron chi connectivity index (χ4n) is 3.79. The van der Waals surface area contributed by atoms with Gasteiger partial charge >= 0.3 is 6.09 Å². The number of carbonyl (C=O) groups is 3. The number of hydrogen-bond donors (Lipinski definition) is 4. The van der Waals surface area contributed by atoms with Crippen molar-refractivity contribution < 1.29 is 29.0 Å². The largest absolute Gasteiger partial charge is 0.507 e. The molecule has 4 N–H and O–H groups in total. The third-order valence-electron chi connectivity index (χ3n) is 5.41. The highest BCUT2D eigenvalue weighted by Crippen LogP contribution is 2.36. The van der Waals surface area contributed by atoms with Crippen molar-refractivity contribution in [3.63, 3.8) is 0 Å². The summed E-state index contributed by atoms with van der Waals surface area (Å²) in [4.78, 5) is 35.7. The summed E-state index contributed by atoms with van der Waals surface area (Å²) in [6.07, 6.45) is 1.23. The number of hydrogen-bond acceptors (Lipinski definition) is 7. The van der Waals surface area contributed by atoms with E-state index in [-0.39, 0.29) is 35.1 Å². The lowest BCUT2D eigenvalue weighted by Gasteiger charge is -2.16. The van der Waals surface area contributed by atoms with Crippen LogP contribution in [0.3, 0.4) is 0 Å². The Labute approximate surface area is 192 Å². The zero-order valence-electron chi connectivity index (χ0n) is 19.2. The highest BCUT2D eigenvalue weighted by atomic mass is 16.6. The van der Waals surface area contributed by atoms with E-state index < -0.39 is 18.1 Å². The van der Waals surface area contributed by atoms with Crippen molar-refractivity contribution in [3.05, 3.63) is 35.0 Å². The van der Waals surface area contributed by atoms with Crippen LogP contribution in [0.5, 0.6) is 11.5 Å². The molecule has 1 aromatic heterocycles. The average molecular weight is 459 g/mol. The molecule has 33 heavy (non-hydrogen) atoms. The van der Waals surface area contributed by atoms with E-state index in [0.29, 0.717) is 24.1 Å². The maximum Gasteiger partial charge on any atom is 0.407 e. The third-order valence-corrected chi connectivity index (χ3v) is 5.41. The van der Waals surface area contributed by atoms with E-state index in [2.05, 4.69) is 20.8 Å². The molecule has 1 saturated carbocycles. The second kappa shape index (κ2) is 10.4. The first-order valence-corrected chi connectivity index (χ1v) is 10.9. The van der Waals surface area contributed by atoms with E-state index in [0.717, 1.165) is 18.5 Å². The van der Waals surface area contributed by atoms with Gasteiger partial charge in [0.15, 0.2) is 18.2 Å². The van der Waals surface area contributed by atoms with Gasteiger partial charge in [0, 0.05) is 23.7 Å². The van der Waals surface area contributed by atoms with E-state index in [9.17, 15) is 19.5 Å². The number of phenolic OH excluding ortho intramolecular Hbond substituents is 1. The first kappa shape index (κ1) is 24.1. The summed E-state index contributed by atoms with van der Waals surface area (Å²) in [5.74, 6) is -0.0468. The van der Waals surface area contributed by atoms with Gasteiger partial charge in [-0.05, 0) is 64.7 Å². The lowest BCUT2D eigenvalue weighted by molar-refractivity contribution is -0.122. The topological polar surface area (TPSA) is 143 Å². The Morgan fingerprint density at radius 1 is 1.24 bits per heavy atom. The Bertz CT molecular complexity index is 1020. The van der Waals surface area contributed by atoms with E-state index in [1.54, 1.807) is 19.1 Å². The number of alkyl carbamates (subject to hydrolysis) is 1. The van der Waals surface area contributed by atoms with Gasteiger partial charge in [0.1, 0.15) is 17.6 Å². The van der Waals surface area contributed by atoms with Crippen LogP contribution in [0.25, 0.3) is 0 Å². The molecule has 2 aromatic rings. The van der Waals surface area contributed by atoms with Crippen LogP contribution in [0.2, 0.25) is 0 Å². The van der Waals surface area contributed by atoms with Gasteiger partial charge in [-0.3, -0.25) is 14.7 Å². The maximum atomic E-state index is 12.6. The molecule has 1 aromatic carbocycles. The predicted octanol–water partition coefficient (Wildman–Crippen LogP) is 3.41. The zero-order valence-corrected chi connectivity index (χ0v) is 19.2. The Morgan fingerprint density at radius 2 is 2.00 bits per heavy atom. The van der Waals surface area contributed by atoms with Gasteiger partial charge in [0.25, 0.3) is 5.91 Å². The van der Waals surface area contributed by atoms with Gasteiger partial charge in [-0.15, -0.1) is 0 Å². The van der Waals surface area contributed by atoms with Crippen LogP contribution in [-0.4, -0.2) is 51.8 Å². The molecule has 0 spiro atoms. The number of aldehydes is 1. The number of ether oxygens (including phenoxy) is 2. The van der Waals surface area contributed by atoms with E-state index in [1.807, 2.05) is 13.8 Å². The van der Waals surface area contributed by atoms with Crippen LogP contribution in [0, 0.1) is 6.92 Å². The first-order chi connectivity index (χ1) is 15.7. The molecule has 1 aliphatic rings. The summed E-state index contributed by atoms with van der Waals surface area (Å²) in [5, 5.41) is 22.4. The van der Waals surface area contributed by atoms with Crippen LogP contribution in [0.1, 0.15) is 67.6 Å². The number of aryl methyl sites for hydroxylation is 1. The van der Waals surface area contributed by atoms with Crippen molar-refractivity contribution in [1.82, 2.24) is 15.5 Å². The van der Waals surface area contributed by atoms with Crippen LogP contribution < -0.4 is 15.4 Å². The van der Waals surface area contributed by atoms with Crippen LogP contribution in [0.15, 0.2) is 18.2 Å². The van der Waals surface area contributed by atoms with E-state index in [1.165, 1.54) is 13.0 Å². The number of amides is 2. The predicted molar refractivity (Wildman–Crippen MR) is 121 cm³/mol. The molecule has 10 nitrogen and oxygen atoms in total. The highest BCUT2D eigenvalue weighted by Gasteiger charge is 2.30. The Kier molecular flexibility index (Phi) is 7.57. The SMILES string of the molecule is Cc1cc(O)c(C=O)c(O[C@@H](C)C(=O)Nc2cc([C@H]3CC[C@@H](OC(=O)NC(C)C)C3)[nH]n2)c1. The van der Waals surface area contributed by atoms with Gasteiger partial charge in [0.2, 0.25) is 0 Å². The molecule has 0 bridgehead atoms. The number of aromatic hydroxyl groups is 1. The van der Waals surface area contributed by atoms with Crippen molar-refractivity contribution in [2.24, 2.45) is 0 Å². The lowest BCUT2D eigenvalue weighted by Crippen LogP contribution is -2.33. The van der Waals surface area contributed by atoms with Crippen molar-refractivity contribution in [2.75, 3.05) is 5.32 Å². The van der Waals surface area contributed by atoms with E-state index >= 15 is 0 Å². The summed E-state index contributed by atoms with van der Waals surface area (Å²) in [5.41, 5.74) is 1.53. The maximum absolute atomic E-state index is 12.6. The zero-order chi connectivity index (χ0) is 24.1. The number of aromatic nitrogens is 2. The quantitative estimate of drug-likeness (QED) is 0.444. The molecule has 10 heteroatoms. The molecule has 178 valence electrons. The molecule has 0 radical (unpaired) electrons. The fraction of sp³-hybridized carbons (Fsp3) is 0.478. The second-order valence-corrected chi connectivity index (χ2v) is 8.61. The van der Waals surface area contributed by atoms with Gasteiger partial charge in [-0.2, -0.15) is 5.10 Å². The summed E-state index contributed by atoms with van der Waals surface area (Å²) in [6, 6.07) is 4.80. The number of nitrogens with one attached hydrogen (secondary N) is 3. The molecule has 2 amide bonds. The van der Waals surface area contributed by atoms with Gasteiger partial charge in [-0.1, -0.05) is 0 Å². The first-order valence-electron chi connectivity index (χ1n) is 10.9. The molecule has 0 aliphatic heterocycles. The van der Waals surface area contributed by atoms with Crippen LogP contribution in [-0.2, 0) is 9.53 Å². The van der Waals surface area contributed by atoms with Crippen molar-refractivity contribution in [1.29, 1.82) is 0 Å². The number of rotatable bonds is 8. The Hall–Kier alpha value is -3.56. The summed E-state index contributed by atoms with van der Waals surface area (Å²) in [6.45, 7) is 7.03. The number of H-pyrrole nitrogens is 1. The molecule has 0 unspecified atom stereocenters. The lowest BCUT2D eigenvalue weighted by atomic mass is 10.0. The summed E-state index contributed by atoms with van der Waals surface area (Å²) >= 11 is 0. The number of nitrogens with zero attached hydrogens (tertiary/aromatic N) is 1. The van der Waals surface area contributed by atoms with Crippen LogP contribution in [0.4, 0.5) is 10.6 Å². The smallest absolute Gasteiger partial charge is 0.407 e. The van der Waals surface area contributed by atoms with Crippen molar-refractivity contribution in [2.45, 2.75) is 71.1 Å². The normalized spacial score (nSPS) is 18.6. The van der Waals surface area contributed by atoms with Crippen molar-refractivity contribution >= 4 is 24.1 Å². The standard InChI is InChI=1S/C23H30N4O6/c1-12(2)24-23(31)33-16-6-5-15(9-16)18-10-21(27-26-18)25-22(30)14(4)32-20-8-13(3)7-19(29)17(20)11-28/h7-8,10-12,14-16,29H,5-6,9H2,1-4H3,(H,24,31)(H2,25,26,27,30)/t14-,15-,16+/m0/s1. The monoisotopic (exact) mass is 458 g/mol. The van der Waals surface area contributed by atoms with Gasteiger partial charge in [-0.25, -0.2) is 4.79 Å². The number of anilines is 1. The minimum absolute atomic E-state index is 0.0117. The minimum Gasteiger partial charge on any atom is -0.507 e. The molecule has 1 fully saturated rings. The fourth-order valence-corrected chi connectivity index (χ4v) is 3.79. The number of phenols is 1. The van der Waals surface area contributed by atoms with Crippen molar-refractivity contribution in [3.8, 4) is 11.5 Å². The second-order valence-electron chi connectivity index (χ2n) is 8.61. The third kappa shape index (κ3) is 6.24. The minimum atomic E-state index is -0.936. The Balaban J connectivity index is 1.56. The average Bonchev–Trinajstić information content (AvgIpc) is 3.36. The molecule has 1 aliphatic carbocycles. The van der Waals surface area contributed by atoms with E-state index in [4.69, 9.17) is 9.47 Å². The molecule has 1 heterocycles. The summed E-state index contributed by atoms with van der Waals surface area (Å²) < 4.78 is 11.1.